The molecule has 2 N–H and O–H groups in total. The van der Waals surface area contributed by atoms with E-state index in [1.807, 2.05) is 28.9 Å². The molecule has 1 aliphatic heterocycles. The van der Waals surface area contributed by atoms with E-state index in [0.717, 1.165) is 35.3 Å². The minimum atomic E-state index is -4.34. The Morgan fingerprint density at radius 2 is 1.97 bits per heavy atom. The third-order valence-electron chi connectivity index (χ3n) is 6.35. The fraction of sp³-hybridized carbons (Fsp3) is 0.360. The van der Waals surface area contributed by atoms with E-state index < -0.39 is 25.0 Å². The highest BCUT2D eigenvalue weighted by Gasteiger charge is 2.31. The fourth-order valence-electron chi connectivity index (χ4n) is 4.63. The summed E-state index contributed by atoms with van der Waals surface area (Å²) in [7, 11) is 0. The molecule has 0 aliphatic carbocycles. The van der Waals surface area contributed by atoms with E-state index in [1.165, 1.54) is 11.9 Å². The lowest BCUT2D eigenvalue weighted by molar-refractivity contribution is -0.133. The minimum absolute atomic E-state index is 0.177. The minimum Gasteiger partial charge on any atom is -0.351 e. The lowest BCUT2D eigenvalue weighted by Gasteiger charge is -2.29. The molecule has 0 saturated carbocycles. The van der Waals surface area contributed by atoms with Crippen molar-refractivity contribution < 1.29 is 18.0 Å². The normalized spacial score (nSPS) is 13.7. The number of fused-ring (bicyclic) bond motifs is 2. The number of hydrogen-bond acceptors (Lipinski definition) is 5. The van der Waals surface area contributed by atoms with Gasteiger partial charge in [0.15, 0.2) is 5.69 Å². The van der Waals surface area contributed by atoms with Crippen molar-refractivity contribution >= 4 is 22.8 Å². The summed E-state index contributed by atoms with van der Waals surface area (Å²) in [4.78, 5) is 26.7. The molecule has 36 heavy (non-hydrogen) atoms. The number of H-pyrrole nitrogens is 1. The molecule has 8 nitrogen and oxygen atoms in total. The number of halogens is 3. The second-order valence-corrected chi connectivity index (χ2v) is 8.82. The molecule has 1 aliphatic rings. The van der Waals surface area contributed by atoms with E-state index in [9.17, 15) is 18.0 Å². The van der Waals surface area contributed by atoms with E-state index >= 15 is 0 Å². The lowest BCUT2D eigenvalue weighted by Crippen LogP contribution is -2.34. The van der Waals surface area contributed by atoms with Gasteiger partial charge in [-0.3, -0.25) is 9.48 Å². The summed E-state index contributed by atoms with van der Waals surface area (Å²) in [6, 6.07) is 12.0. The van der Waals surface area contributed by atoms with Crippen molar-refractivity contribution in [3.8, 4) is 0 Å². The van der Waals surface area contributed by atoms with Crippen LogP contribution in [0, 0.1) is 0 Å². The van der Waals surface area contributed by atoms with Gasteiger partial charge in [0, 0.05) is 50.1 Å². The monoisotopic (exact) mass is 497 g/mol. The maximum absolute atomic E-state index is 12.9. The van der Waals surface area contributed by atoms with Crippen LogP contribution in [0.4, 0.5) is 19.0 Å². The Bertz CT molecular complexity index is 1350. The molecule has 188 valence electrons. The molecule has 0 spiro atoms. The average Bonchev–Trinajstić information content (AvgIpc) is 3.48. The van der Waals surface area contributed by atoms with Gasteiger partial charge in [-0.1, -0.05) is 30.3 Å². The SMILES string of the molecule is O=C(NCCC(F)(F)F)c1nn(CCCc2ccccc2)c2c1CN(c1ncnc3[nH]ccc13)CC2. The number of hydrogen-bond donors (Lipinski definition) is 2. The van der Waals surface area contributed by atoms with Crippen molar-refractivity contribution in [3.63, 3.8) is 0 Å². The Kier molecular flexibility index (Phi) is 6.62. The van der Waals surface area contributed by atoms with E-state index in [-0.39, 0.29) is 5.69 Å². The molecule has 0 bridgehead atoms. The van der Waals surface area contributed by atoms with Crippen LogP contribution < -0.4 is 10.2 Å². The van der Waals surface area contributed by atoms with Gasteiger partial charge in [0.1, 0.15) is 17.8 Å². The third-order valence-corrected chi connectivity index (χ3v) is 6.35. The van der Waals surface area contributed by atoms with E-state index in [0.29, 0.717) is 31.7 Å². The number of aromatic amines is 1. The molecule has 11 heteroatoms. The Balaban J connectivity index is 1.39. The molecule has 4 aromatic rings. The fourth-order valence-corrected chi connectivity index (χ4v) is 4.63. The van der Waals surface area contributed by atoms with Crippen LogP contribution in [0.15, 0.2) is 48.9 Å². The number of aromatic nitrogens is 5. The highest BCUT2D eigenvalue weighted by atomic mass is 19.4. The summed E-state index contributed by atoms with van der Waals surface area (Å²) in [5.74, 6) is 0.154. The van der Waals surface area contributed by atoms with Crippen LogP contribution in [0.2, 0.25) is 0 Å². The number of nitrogens with zero attached hydrogens (tertiary/aromatic N) is 5. The number of carbonyl (C=O) groups excluding carboxylic acids is 1. The Labute approximate surface area is 205 Å². The largest absolute Gasteiger partial charge is 0.390 e. The van der Waals surface area contributed by atoms with Gasteiger partial charge in [0.05, 0.1) is 11.8 Å². The topological polar surface area (TPSA) is 91.7 Å². The van der Waals surface area contributed by atoms with Gasteiger partial charge < -0.3 is 15.2 Å². The van der Waals surface area contributed by atoms with Crippen molar-refractivity contribution in [1.29, 1.82) is 0 Å². The van der Waals surface area contributed by atoms with Crippen LogP contribution in [0.25, 0.3) is 11.0 Å². The quantitative estimate of drug-likeness (QED) is 0.384. The molecule has 1 amide bonds. The number of alkyl halides is 3. The molecule has 0 radical (unpaired) electrons. The van der Waals surface area contributed by atoms with Crippen LogP contribution in [-0.4, -0.2) is 49.9 Å². The first-order valence-corrected chi connectivity index (χ1v) is 11.9. The third kappa shape index (κ3) is 5.19. The number of carbonyl (C=O) groups is 1. The second-order valence-electron chi connectivity index (χ2n) is 8.82. The average molecular weight is 498 g/mol. The second kappa shape index (κ2) is 10.00. The smallest absolute Gasteiger partial charge is 0.351 e. The van der Waals surface area contributed by atoms with Gasteiger partial charge in [0.25, 0.3) is 5.91 Å². The van der Waals surface area contributed by atoms with Gasteiger partial charge in [0.2, 0.25) is 0 Å². The molecular formula is C25H26F3N7O. The van der Waals surface area contributed by atoms with Crippen LogP contribution >= 0.6 is 0 Å². The summed E-state index contributed by atoms with van der Waals surface area (Å²) in [5.41, 5.74) is 3.78. The number of aryl methyl sites for hydroxylation is 2. The predicted octanol–water partition coefficient (Wildman–Crippen LogP) is 4.03. The van der Waals surface area contributed by atoms with E-state index in [1.54, 1.807) is 6.20 Å². The van der Waals surface area contributed by atoms with Crippen molar-refractivity contribution in [2.45, 2.75) is 44.9 Å². The number of amides is 1. The van der Waals surface area contributed by atoms with Gasteiger partial charge in [-0.2, -0.15) is 18.3 Å². The molecule has 0 atom stereocenters. The highest BCUT2D eigenvalue weighted by Crippen LogP contribution is 2.30. The molecule has 5 rings (SSSR count). The van der Waals surface area contributed by atoms with Crippen LogP contribution in [-0.2, 0) is 25.9 Å². The molecule has 4 heterocycles. The standard InChI is InChI=1S/C25H26F3N7O/c26-25(27,28)10-12-30-24(36)21-19-15-34(23-18-8-11-29-22(18)31-16-32-23)14-9-20(19)35(33-21)13-4-7-17-5-2-1-3-6-17/h1-3,5-6,8,11,16H,4,7,9-10,12-15H2,(H,30,36)(H,29,31,32). The van der Waals surface area contributed by atoms with Gasteiger partial charge in [-0.25, -0.2) is 9.97 Å². The first-order chi connectivity index (χ1) is 17.4. The lowest BCUT2D eigenvalue weighted by atomic mass is 10.0. The van der Waals surface area contributed by atoms with Crippen molar-refractivity contribution in [1.82, 2.24) is 30.0 Å². The molecule has 0 saturated heterocycles. The Morgan fingerprint density at radius 3 is 2.78 bits per heavy atom. The Hall–Kier alpha value is -3.89. The molecule has 1 aromatic carbocycles. The zero-order chi connectivity index (χ0) is 25.1. The maximum Gasteiger partial charge on any atom is 0.390 e. The van der Waals surface area contributed by atoms with Gasteiger partial charge >= 0.3 is 6.18 Å². The summed E-state index contributed by atoms with van der Waals surface area (Å²) in [6.07, 6.45) is 0.184. The molecule has 3 aromatic heterocycles. The zero-order valence-corrected chi connectivity index (χ0v) is 19.6. The number of benzene rings is 1. The summed E-state index contributed by atoms with van der Waals surface area (Å²) in [5, 5.41) is 7.84. The molecule has 0 fully saturated rings. The molecule has 0 unspecified atom stereocenters. The summed E-state index contributed by atoms with van der Waals surface area (Å²) in [6.45, 7) is 1.18. The van der Waals surface area contributed by atoms with Crippen LogP contribution in [0.5, 0.6) is 0 Å². The number of rotatable bonds is 8. The van der Waals surface area contributed by atoms with E-state index in [4.69, 9.17) is 0 Å². The summed E-state index contributed by atoms with van der Waals surface area (Å²) < 4.78 is 39.7. The van der Waals surface area contributed by atoms with Crippen molar-refractivity contribution in [3.05, 3.63) is 71.4 Å². The summed E-state index contributed by atoms with van der Waals surface area (Å²) >= 11 is 0. The highest BCUT2D eigenvalue weighted by molar-refractivity contribution is 5.94. The van der Waals surface area contributed by atoms with Gasteiger partial charge in [-0.05, 0) is 24.5 Å². The number of nitrogens with one attached hydrogen (secondary N) is 2. The van der Waals surface area contributed by atoms with Crippen molar-refractivity contribution in [2.24, 2.45) is 0 Å². The first-order valence-electron chi connectivity index (χ1n) is 11.9. The zero-order valence-electron chi connectivity index (χ0n) is 19.6. The maximum atomic E-state index is 12.9. The Morgan fingerprint density at radius 1 is 1.14 bits per heavy atom. The van der Waals surface area contributed by atoms with Crippen molar-refractivity contribution in [2.75, 3.05) is 18.0 Å². The van der Waals surface area contributed by atoms with E-state index in [2.05, 4.69) is 42.4 Å². The van der Waals surface area contributed by atoms with Crippen LogP contribution in [0.1, 0.15) is 40.2 Å². The predicted molar refractivity (Wildman–Crippen MR) is 129 cm³/mol. The van der Waals surface area contributed by atoms with Gasteiger partial charge in [-0.15, -0.1) is 0 Å². The number of anilines is 1. The molecular weight excluding hydrogens is 471 g/mol. The van der Waals surface area contributed by atoms with Crippen LogP contribution in [0.3, 0.4) is 0 Å². The first kappa shape index (κ1) is 23.8.